The van der Waals surface area contributed by atoms with Crippen LogP contribution in [0.25, 0.3) is 93.7 Å². The van der Waals surface area contributed by atoms with Crippen molar-refractivity contribution in [2.24, 2.45) is 0 Å². The lowest BCUT2D eigenvalue weighted by Crippen LogP contribution is -2.02. The van der Waals surface area contributed by atoms with Gasteiger partial charge in [0.25, 0.3) is 0 Å². The molecule has 0 amide bonds. The third-order valence-corrected chi connectivity index (χ3v) is 10.9. The fraction of sp³-hybridized carbons (Fsp3) is 0.0566. The third-order valence-electron chi connectivity index (χ3n) is 10.9. The van der Waals surface area contributed by atoms with Crippen LogP contribution in [0.2, 0.25) is 0 Å². The van der Waals surface area contributed by atoms with Gasteiger partial charge in [-0.2, -0.15) is 0 Å². The number of hydrogen-bond donors (Lipinski definition) is 0. The summed E-state index contributed by atoms with van der Waals surface area (Å²) >= 11 is 0. The lowest BCUT2D eigenvalue weighted by atomic mass is 9.90. The summed E-state index contributed by atoms with van der Waals surface area (Å²) in [5.74, 6) is 0.679. The van der Waals surface area contributed by atoms with Gasteiger partial charge in [-0.3, -0.25) is 0 Å². The first-order valence-corrected chi connectivity index (χ1v) is 18.9. The van der Waals surface area contributed by atoms with Crippen molar-refractivity contribution in [3.8, 4) is 45.0 Å². The molecule has 0 fully saturated rings. The van der Waals surface area contributed by atoms with E-state index in [2.05, 4.69) is 184 Å². The molecule has 0 radical (unpaired) electrons. The maximum Gasteiger partial charge on any atom is 0.160 e. The van der Waals surface area contributed by atoms with Crippen molar-refractivity contribution in [1.82, 2.24) is 9.97 Å². The van der Waals surface area contributed by atoms with Gasteiger partial charge in [-0.25, -0.2) is 9.97 Å². The first-order valence-electron chi connectivity index (χ1n) is 18.9. The summed E-state index contributed by atoms with van der Waals surface area (Å²) in [6.07, 6.45) is 8.16. The van der Waals surface area contributed by atoms with E-state index in [1.807, 2.05) is 19.1 Å². The second-order valence-electron chi connectivity index (χ2n) is 14.2. The van der Waals surface area contributed by atoms with Crippen LogP contribution in [0.15, 0.2) is 183 Å². The standard InChI is InChI=1S/C53H40N2/c1-5-7-19-36(6-2)39-29-40(49-32-37-20-9-12-23-43(37)45-25-14-16-27-47(45)49)31-41(30-39)53-54-51(42-22-11-8-18-34(42)3)35(4)52(55-53)50-33-38-21-10-13-24-44(38)46-26-15-17-28-48(46)50/h5-33H,2H2,1,3-4H3/b7-5-,36-19+. The van der Waals surface area contributed by atoms with Gasteiger partial charge in [-0.15, -0.1) is 0 Å². The summed E-state index contributed by atoms with van der Waals surface area (Å²) in [7, 11) is 0. The maximum atomic E-state index is 5.55. The molecule has 9 aromatic rings. The Kier molecular flexibility index (Phi) is 8.72. The van der Waals surface area contributed by atoms with E-state index in [9.17, 15) is 0 Å². The average Bonchev–Trinajstić information content (AvgIpc) is 3.23. The number of benzene rings is 8. The van der Waals surface area contributed by atoms with E-state index in [0.717, 1.165) is 50.3 Å². The lowest BCUT2D eigenvalue weighted by molar-refractivity contribution is 1.15. The van der Waals surface area contributed by atoms with Crippen molar-refractivity contribution < 1.29 is 0 Å². The van der Waals surface area contributed by atoms with E-state index < -0.39 is 0 Å². The molecule has 8 aromatic carbocycles. The molecule has 0 aliphatic heterocycles. The SMILES string of the molecule is C=C/C(=C\C=C/C)c1cc(-c2nc(-c3ccccc3C)c(C)c(-c3cc4ccccc4c4ccccc34)n2)cc(-c2cc3ccccc3c3ccccc23)c1. The van der Waals surface area contributed by atoms with Crippen molar-refractivity contribution in [3.05, 3.63) is 199 Å². The number of nitrogens with zero attached hydrogens (tertiary/aromatic N) is 2. The van der Waals surface area contributed by atoms with E-state index >= 15 is 0 Å². The van der Waals surface area contributed by atoms with Gasteiger partial charge in [0.1, 0.15) is 0 Å². The Morgan fingerprint density at radius 3 is 1.64 bits per heavy atom. The van der Waals surface area contributed by atoms with Crippen LogP contribution in [0, 0.1) is 13.8 Å². The Balaban J connectivity index is 1.38. The van der Waals surface area contributed by atoms with Gasteiger partial charge < -0.3 is 0 Å². The molecule has 9 rings (SSSR count). The van der Waals surface area contributed by atoms with Crippen molar-refractivity contribution in [2.75, 3.05) is 0 Å². The zero-order chi connectivity index (χ0) is 37.5. The molecule has 2 heteroatoms. The molecular formula is C53H40N2. The largest absolute Gasteiger partial charge is 0.228 e. The molecule has 0 saturated heterocycles. The molecule has 55 heavy (non-hydrogen) atoms. The predicted molar refractivity (Wildman–Crippen MR) is 236 cm³/mol. The Morgan fingerprint density at radius 2 is 1.02 bits per heavy atom. The predicted octanol–water partition coefficient (Wildman–Crippen LogP) is 14.5. The third kappa shape index (κ3) is 6.02. The van der Waals surface area contributed by atoms with Crippen LogP contribution in [0.1, 0.15) is 23.6 Å². The topological polar surface area (TPSA) is 25.8 Å². The van der Waals surface area contributed by atoms with Crippen LogP contribution < -0.4 is 0 Å². The van der Waals surface area contributed by atoms with Gasteiger partial charge >= 0.3 is 0 Å². The monoisotopic (exact) mass is 704 g/mol. The molecule has 0 atom stereocenters. The zero-order valence-electron chi connectivity index (χ0n) is 31.3. The summed E-state index contributed by atoms with van der Waals surface area (Å²) in [5.41, 5.74) is 11.6. The quantitative estimate of drug-likeness (QED) is 0.122. The summed E-state index contributed by atoms with van der Waals surface area (Å²) in [6.45, 7) is 10.6. The minimum Gasteiger partial charge on any atom is -0.228 e. The molecule has 0 aliphatic carbocycles. The summed E-state index contributed by atoms with van der Waals surface area (Å²) < 4.78 is 0. The van der Waals surface area contributed by atoms with Crippen LogP contribution in [0.4, 0.5) is 0 Å². The van der Waals surface area contributed by atoms with Gasteiger partial charge in [-0.05, 0) is 122 Å². The van der Waals surface area contributed by atoms with E-state index in [0.29, 0.717) is 5.82 Å². The number of fused-ring (bicyclic) bond motifs is 6. The van der Waals surface area contributed by atoms with E-state index in [1.54, 1.807) is 0 Å². The van der Waals surface area contributed by atoms with Gasteiger partial charge in [0, 0.05) is 22.3 Å². The summed E-state index contributed by atoms with van der Waals surface area (Å²) in [5, 5.41) is 9.69. The highest BCUT2D eigenvalue weighted by molar-refractivity contribution is 6.15. The fourth-order valence-corrected chi connectivity index (χ4v) is 8.11. The molecular weight excluding hydrogens is 665 g/mol. The Bertz CT molecular complexity index is 3030. The normalized spacial score (nSPS) is 12.0. The Morgan fingerprint density at radius 1 is 0.509 bits per heavy atom. The van der Waals surface area contributed by atoms with Crippen LogP contribution in [-0.4, -0.2) is 9.97 Å². The molecule has 0 unspecified atom stereocenters. The highest BCUT2D eigenvalue weighted by Gasteiger charge is 2.21. The number of hydrogen-bond acceptors (Lipinski definition) is 2. The van der Waals surface area contributed by atoms with E-state index in [1.165, 1.54) is 54.2 Å². The Hall–Kier alpha value is -6.90. The number of rotatable bonds is 7. The number of aryl methyl sites for hydroxylation is 1. The number of aromatic nitrogens is 2. The molecule has 0 saturated carbocycles. The lowest BCUT2D eigenvalue weighted by Gasteiger charge is -2.18. The summed E-state index contributed by atoms with van der Waals surface area (Å²) in [6, 6.07) is 54.6. The van der Waals surface area contributed by atoms with Gasteiger partial charge in [0.2, 0.25) is 0 Å². The van der Waals surface area contributed by atoms with Crippen molar-refractivity contribution in [2.45, 2.75) is 20.8 Å². The molecule has 262 valence electrons. The van der Waals surface area contributed by atoms with Crippen molar-refractivity contribution in [3.63, 3.8) is 0 Å². The fourth-order valence-electron chi connectivity index (χ4n) is 8.11. The second kappa shape index (κ2) is 14.2. The molecule has 2 nitrogen and oxygen atoms in total. The van der Waals surface area contributed by atoms with Crippen LogP contribution in [-0.2, 0) is 0 Å². The van der Waals surface area contributed by atoms with Crippen LogP contribution >= 0.6 is 0 Å². The second-order valence-corrected chi connectivity index (χ2v) is 14.2. The minimum absolute atomic E-state index is 0.679. The van der Waals surface area contributed by atoms with Crippen molar-refractivity contribution >= 4 is 48.7 Å². The van der Waals surface area contributed by atoms with Crippen LogP contribution in [0.3, 0.4) is 0 Å². The molecule has 0 bridgehead atoms. The van der Waals surface area contributed by atoms with E-state index in [-0.39, 0.29) is 0 Å². The van der Waals surface area contributed by atoms with Gasteiger partial charge in [0.15, 0.2) is 5.82 Å². The van der Waals surface area contributed by atoms with Gasteiger partial charge in [0.05, 0.1) is 11.4 Å². The zero-order valence-corrected chi connectivity index (χ0v) is 31.3. The van der Waals surface area contributed by atoms with Crippen molar-refractivity contribution in [1.29, 1.82) is 0 Å². The minimum atomic E-state index is 0.679. The highest BCUT2D eigenvalue weighted by atomic mass is 14.9. The van der Waals surface area contributed by atoms with E-state index in [4.69, 9.17) is 9.97 Å². The van der Waals surface area contributed by atoms with Crippen LogP contribution in [0.5, 0.6) is 0 Å². The molecule has 1 aromatic heterocycles. The smallest absolute Gasteiger partial charge is 0.160 e. The molecule has 0 spiro atoms. The maximum absolute atomic E-state index is 5.55. The summed E-state index contributed by atoms with van der Waals surface area (Å²) in [4.78, 5) is 11.0. The first kappa shape index (κ1) is 33.9. The van der Waals surface area contributed by atoms with Gasteiger partial charge in [-0.1, -0.05) is 152 Å². The Labute approximate surface area is 322 Å². The average molecular weight is 705 g/mol. The number of allylic oxidation sites excluding steroid dienone is 5. The molecule has 0 N–H and O–H groups in total. The molecule has 0 aliphatic rings. The molecule has 1 heterocycles. The highest BCUT2D eigenvalue weighted by Crippen LogP contribution is 2.41. The first-order chi connectivity index (χ1) is 27.0.